The third kappa shape index (κ3) is 4.55. The van der Waals surface area contributed by atoms with Crippen molar-refractivity contribution in [2.45, 2.75) is 70.6 Å². The molecule has 7 heteroatoms. The summed E-state index contributed by atoms with van der Waals surface area (Å²) in [6.07, 6.45) is 5.52. The number of nitriles is 1. The lowest BCUT2D eigenvalue weighted by molar-refractivity contribution is -0.130. The molecule has 1 N–H and O–H groups in total. The van der Waals surface area contributed by atoms with Crippen LogP contribution in [0.15, 0.2) is 0 Å². The van der Waals surface area contributed by atoms with E-state index in [-0.39, 0.29) is 24.1 Å². The van der Waals surface area contributed by atoms with Crippen LogP contribution >= 0.6 is 0 Å². The van der Waals surface area contributed by atoms with Crippen LogP contribution in [0.2, 0.25) is 0 Å². The van der Waals surface area contributed by atoms with Crippen LogP contribution in [0.1, 0.15) is 52.4 Å². The van der Waals surface area contributed by atoms with Crippen LogP contribution < -0.4 is 5.32 Å². The van der Waals surface area contributed by atoms with Crippen LogP contribution in [0, 0.1) is 23.2 Å². The Labute approximate surface area is 162 Å². The van der Waals surface area contributed by atoms with E-state index in [9.17, 15) is 9.59 Å². The van der Waals surface area contributed by atoms with E-state index < -0.39 is 0 Å². The summed E-state index contributed by atoms with van der Waals surface area (Å²) in [6, 6.07) is 2.33. The second-order valence-corrected chi connectivity index (χ2v) is 8.09. The van der Waals surface area contributed by atoms with E-state index in [2.05, 4.69) is 11.4 Å². The van der Waals surface area contributed by atoms with E-state index >= 15 is 0 Å². The topological polar surface area (TPSA) is 85.7 Å². The maximum atomic E-state index is 12.4. The molecule has 1 heterocycles. The van der Waals surface area contributed by atoms with Gasteiger partial charge in [0.2, 0.25) is 5.91 Å². The van der Waals surface area contributed by atoms with Crippen LogP contribution in [-0.4, -0.2) is 66.2 Å². The Balaban J connectivity index is 1.39. The molecule has 0 spiro atoms. The summed E-state index contributed by atoms with van der Waals surface area (Å²) < 4.78 is 5.69. The second kappa shape index (κ2) is 8.92. The number of carbonyl (C=O) groups excluding carboxylic acids is 2. The van der Waals surface area contributed by atoms with Crippen LogP contribution in [0.3, 0.4) is 0 Å². The Morgan fingerprint density at radius 1 is 1.19 bits per heavy atom. The highest BCUT2D eigenvalue weighted by Crippen LogP contribution is 2.45. The smallest absolute Gasteiger partial charge is 0.410 e. The Bertz CT molecular complexity index is 572. The van der Waals surface area contributed by atoms with Crippen LogP contribution in [0.25, 0.3) is 0 Å². The van der Waals surface area contributed by atoms with Gasteiger partial charge in [-0.05, 0) is 64.2 Å². The maximum absolute atomic E-state index is 12.4. The van der Waals surface area contributed by atoms with Crippen LogP contribution in [0.5, 0.6) is 0 Å². The molecule has 2 saturated carbocycles. The molecule has 0 bridgehead atoms. The van der Waals surface area contributed by atoms with Crippen molar-refractivity contribution in [3.63, 3.8) is 0 Å². The average Bonchev–Trinajstić information content (AvgIpc) is 3.34. The van der Waals surface area contributed by atoms with E-state index in [0.29, 0.717) is 44.1 Å². The molecule has 7 nitrogen and oxygen atoms in total. The molecular formula is C20H32N4O3. The third-order valence-electron chi connectivity index (χ3n) is 6.53. The molecular weight excluding hydrogens is 344 g/mol. The minimum absolute atomic E-state index is 0.0386. The van der Waals surface area contributed by atoms with Gasteiger partial charge in [-0.3, -0.25) is 4.79 Å². The van der Waals surface area contributed by atoms with Crippen molar-refractivity contribution in [2.75, 3.05) is 26.2 Å². The lowest BCUT2D eigenvalue weighted by Crippen LogP contribution is -2.43. The molecule has 1 saturated heterocycles. The van der Waals surface area contributed by atoms with Gasteiger partial charge in [-0.25, -0.2) is 4.79 Å². The normalized spacial score (nSPS) is 32.2. The summed E-state index contributed by atoms with van der Waals surface area (Å²) in [5.41, 5.74) is 0. The van der Waals surface area contributed by atoms with Crippen molar-refractivity contribution >= 4 is 12.0 Å². The van der Waals surface area contributed by atoms with Crippen molar-refractivity contribution in [3.8, 4) is 6.07 Å². The first-order valence-electron chi connectivity index (χ1n) is 10.4. The Morgan fingerprint density at radius 3 is 2.44 bits per heavy atom. The molecule has 2 amide bonds. The number of amides is 2. The fraction of sp³-hybridized carbons (Fsp3) is 0.850. The zero-order valence-electron chi connectivity index (χ0n) is 16.5. The molecule has 3 rings (SSSR count). The van der Waals surface area contributed by atoms with Crippen molar-refractivity contribution in [1.82, 2.24) is 15.1 Å². The van der Waals surface area contributed by atoms with Crippen LogP contribution in [0.4, 0.5) is 4.79 Å². The summed E-state index contributed by atoms with van der Waals surface area (Å²) in [7, 11) is 0. The van der Waals surface area contributed by atoms with Crippen molar-refractivity contribution in [3.05, 3.63) is 0 Å². The van der Waals surface area contributed by atoms with E-state index in [0.717, 1.165) is 38.5 Å². The van der Waals surface area contributed by atoms with E-state index in [1.165, 1.54) is 0 Å². The van der Waals surface area contributed by atoms with E-state index in [1.807, 2.05) is 13.8 Å². The summed E-state index contributed by atoms with van der Waals surface area (Å²) in [5, 5.41) is 12.5. The predicted octanol–water partition coefficient (Wildman–Crippen LogP) is 2.13. The van der Waals surface area contributed by atoms with Gasteiger partial charge in [0.25, 0.3) is 0 Å². The Hall–Kier alpha value is -1.81. The summed E-state index contributed by atoms with van der Waals surface area (Å²) in [4.78, 5) is 27.9. The fourth-order valence-corrected chi connectivity index (χ4v) is 5.06. The first kappa shape index (κ1) is 19.9. The Morgan fingerprint density at radius 2 is 1.85 bits per heavy atom. The number of ether oxygens (including phenoxy) is 1. The molecule has 0 aromatic carbocycles. The number of likely N-dealkylation sites (tertiary alicyclic amines) is 1. The van der Waals surface area contributed by atoms with Gasteiger partial charge in [-0.2, -0.15) is 5.26 Å². The molecule has 1 aliphatic heterocycles. The number of nitrogens with zero attached hydrogens (tertiary/aromatic N) is 3. The largest absolute Gasteiger partial charge is 0.446 e. The molecule has 0 aromatic heterocycles. The molecule has 3 fully saturated rings. The SMILES string of the molecule is CCN(CC)C(=O)OC1CC2CC(NCC(=O)N3CCCC3C#N)CC2C1. The maximum Gasteiger partial charge on any atom is 0.410 e. The molecule has 3 aliphatic rings. The van der Waals surface area contributed by atoms with E-state index in [4.69, 9.17) is 10.00 Å². The van der Waals surface area contributed by atoms with Gasteiger partial charge in [-0.15, -0.1) is 0 Å². The number of carbonyl (C=O) groups is 2. The van der Waals surface area contributed by atoms with Gasteiger partial charge in [0.05, 0.1) is 12.6 Å². The van der Waals surface area contributed by atoms with Crippen molar-refractivity contribution < 1.29 is 14.3 Å². The highest BCUT2D eigenvalue weighted by molar-refractivity contribution is 5.79. The minimum atomic E-state index is -0.247. The van der Waals surface area contributed by atoms with Crippen LogP contribution in [-0.2, 0) is 9.53 Å². The first-order valence-corrected chi connectivity index (χ1v) is 10.4. The van der Waals surface area contributed by atoms with Crippen molar-refractivity contribution in [1.29, 1.82) is 5.26 Å². The summed E-state index contributed by atoms with van der Waals surface area (Å²) >= 11 is 0. The van der Waals surface area contributed by atoms with Gasteiger partial charge in [0.15, 0.2) is 0 Å². The van der Waals surface area contributed by atoms with Crippen molar-refractivity contribution in [2.24, 2.45) is 11.8 Å². The molecule has 2 aliphatic carbocycles. The van der Waals surface area contributed by atoms with Gasteiger partial charge in [0, 0.05) is 25.7 Å². The van der Waals surface area contributed by atoms with Gasteiger partial charge >= 0.3 is 6.09 Å². The summed E-state index contributed by atoms with van der Waals surface area (Å²) in [5.74, 6) is 1.19. The number of hydrogen-bond acceptors (Lipinski definition) is 5. The molecule has 3 atom stereocenters. The number of nitrogens with one attached hydrogen (secondary N) is 1. The predicted molar refractivity (Wildman–Crippen MR) is 101 cm³/mol. The zero-order chi connectivity index (χ0) is 19.4. The molecule has 27 heavy (non-hydrogen) atoms. The number of fused-ring (bicyclic) bond motifs is 1. The van der Waals surface area contributed by atoms with E-state index in [1.54, 1.807) is 9.80 Å². The number of hydrogen-bond donors (Lipinski definition) is 1. The third-order valence-corrected chi connectivity index (χ3v) is 6.53. The molecule has 3 unspecified atom stereocenters. The molecule has 0 radical (unpaired) electrons. The zero-order valence-corrected chi connectivity index (χ0v) is 16.5. The minimum Gasteiger partial charge on any atom is -0.446 e. The molecule has 0 aromatic rings. The standard InChI is InChI=1S/C20H32N4O3/c1-3-23(4-2)20(26)27-18-10-14-8-16(9-15(14)11-18)22-13-19(25)24-7-5-6-17(24)12-21/h14-18,22H,3-11,13H2,1-2H3. The highest BCUT2D eigenvalue weighted by Gasteiger charge is 2.43. The fourth-order valence-electron chi connectivity index (χ4n) is 5.06. The van der Waals surface area contributed by atoms with Gasteiger partial charge in [-0.1, -0.05) is 0 Å². The highest BCUT2D eigenvalue weighted by atomic mass is 16.6. The molecule has 150 valence electrons. The van der Waals surface area contributed by atoms with Gasteiger partial charge < -0.3 is 19.9 Å². The second-order valence-electron chi connectivity index (χ2n) is 8.09. The summed E-state index contributed by atoms with van der Waals surface area (Å²) in [6.45, 7) is 6.31. The van der Waals surface area contributed by atoms with Gasteiger partial charge in [0.1, 0.15) is 12.1 Å². The number of rotatable bonds is 6. The first-order chi connectivity index (χ1) is 13.0. The quantitative estimate of drug-likeness (QED) is 0.767. The Kier molecular flexibility index (Phi) is 6.59. The lowest BCUT2D eigenvalue weighted by Gasteiger charge is -2.23. The average molecular weight is 377 g/mol. The lowest BCUT2D eigenvalue weighted by atomic mass is 10.0. The monoisotopic (exact) mass is 376 g/mol.